The molecular formula is C31H48O6. The van der Waals surface area contributed by atoms with Gasteiger partial charge < -0.3 is 20.1 Å². The number of fused-ring (bicyclic) bond motifs is 6. The number of aliphatic hydroxyl groups is 3. The third-order valence-electron chi connectivity index (χ3n) is 13.0. The zero-order chi connectivity index (χ0) is 27.2. The van der Waals surface area contributed by atoms with Crippen molar-refractivity contribution in [3.05, 3.63) is 11.6 Å². The minimum Gasteiger partial charge on any atom is -0.469 e. The number of ether oxygens (including phenoxy) is 1. The number of carbonyl (C=O) groups is 2. The third kappa shape index (κ3) is 3.47. The molecule has 4 fully saturated rings. The standard InChI is InChI=1S/C31H48O6/c1-27-12-9-22-29(3,14-11-24(35)31(22,5)26(36)37-6)21(27)8-7-19-18(16-27)15-20(33)25-28(19,2)13-10-23(34)30(25,4)17-32/h15,19,21-25,32,34-35H,7-14,16-17H2,1-6H3/t19-,21-,22+,23+,24-,25-,27-,28+,29+,30-,31+/m0/s1. The number of esters is 1. The molecule has 0 aromatic heterocycles. The average molecular weight is 517 g/mol. The van der Waals surface area contributed by atoms with Crippen LogP contribution in [-0.4, -0.2) is 53.0 Å². The van der Waals surface area contributed by atoms with Gasteiger partial charge in [-0.2, -0.15) is 0 Å². The molecule has 0 aliphatic heterocycles. The zero-order valence-corrected chi connectivity index (χ0v) is 23.7. The largest absolute Gasteiger partial charge is 0.469 e. The summed E-state index contributed by atoms with van der Waals surface area (Å²) in [5.41, 5.74) is -0.839. The van der Waals surface area contributed by atoms with E-state index >= 15 is 0 Å². The summed E-state index contributed by atoms with van der Waals surface area (Å²) in [5, 5.41) is 32.3. The molecule has 0 amide bonds. The summed E-state index contributed by atoms with van der Waals surface area (Å²) in [6.45, 7) is 10.6. The Balaban J connectivity index is 1.54. The first-order valence-corrected chi connectivity index (χ1v) is 14.5. The molecule has 0 aromatic rings. The van der Waals surface area contributed by atoms with Crippen molar-refractivity contribution in [2.24, 2.45) is 50.7 Å². The highest BCUT2D eigenvalue weighted by Crippen LogP contribution is 2.70. The van der Waals surface area contributed by atoms with Crippen LogP contribution in [0.4, 0.5) is 0 Å². The maximum atomic E-state index is 13.7. The Morgan fingerprint density at radius 3 is 2.22 bits per heavy atom. The summed E-state index contributed by atoms with van der Waals surface area (Å²) >= 11 is 0. The molecule has 5 aliphatic carbocycles. The second-order valence-electron chi connectivity index (χ2n) is 14.7. The van der Waals surface area contributed by atoms with E-state index in [1.165, 1.54) is 12.7 Å². The van der Waals surface area contributed by atoms with Crippen LogP contribution in [-0.2, 0) is 14.3 Å². The quantitative estimate of drug-likeness (QED) is 0.469. The summed E-state index contributed by atoms with van der Waals surface area (Å²) in [6.07, 6.45) is 8.12. The number of ketones is 1. The van der Waals surface area contributed by atoms with Crippen molar-refractivity contribution in [2.75, 3.05) is 13.7 Å². The molecule has 0 bridgehead atoms. The topological polar surface area (TPSA) is 104 Å². The SMILES string of the molecule is COC(=O)[C@]1(C)[C@@H]2CC[C@@]3(C)CC4=CC(=O)[C@H]5[C@](C)(CC[C@@H](O)[C@]5(C)CO)[C@H]4CC[C@@H]3[C@@]2(C)CC[C@@H]1O. The van der Waals surface area contributed by atoms with Gasteiger partial charge in [0.15, 0.2) is 5.78 Å². The smallest absolute Gasteiger partial charge is 0.314 e. The van der Waals surface area contributed by atoms with Crippen LogP contribution in [0.5, 0.6) is 0 Å². The Morgan fingerprint density at radius 2 is 1.57 bits per heavy atom. The lowest BCUT2D eigenvalue weighted by Gasteiger charge is -2.63. The number of aliphatic hydroxyl groups excluding tert-OH is 3. The van der Waals surface area contributed by atoms with Crippen molar-refractivity contribution in [2.45, 2.75) is 105 Å². The summed E-state index contributed by atoms with van der Waals surface area (Å²) in [4.78, 5) is 26.8. The van der Waals surface area contributed by atoms with E-state index in [4.69, 9.17) is 4.74 Å². The Kier molecular flexibility index (Phi) is 6.37. The van der Waals surface area contributed by atoms with Gasteiger partial charge in [-0.05, 0) is 105 Å². The van der Waals surface area contributed by atoms with Gasteiger partial charge in [-0.1, -0.05) is 33.3 Å². The first-order chi connectivity index (χ1) is 17.2. The second kappa shape index (κ2) is 8.63. The van der Waals surface area contributed by atoms with Crippen LogP contribution < -0.4 is 0 Å². The van der Waals surface area contributed by atoms with Gasteiger partial charge in [-0.15, -0.1) is 0 Å². The van der Waals surface area contributed by atoms with E-state index in [0.717, 1.165) is 44.9 Å². The van der Waals surface area contributed by atoms with Crippen molar-refractivity contribution >= 4 is 11.8 Å². The van der Waals surface area contributed by atoms with Crippen LogP contribution in [0, 0.1) is 50.7 Å². The first-order valence-electron chi connectivity index (χ1n) is 14.5. The molecule has 6 heteroatoms. The van der Waals surface area contributed by atoms with Gasteiger partial charge in [0.2, 0.25) is 0 Å². The highest BCUT2D eigenvalue weighted by atomic mass is 16.5. The van der Waals surface area contributed by atoms with Crippen molar-refractivity contribution in [3.63, 3.8) is 0 Å². The monoisotopic (exact) mass is 516 g/mol. The first kappa shape index (κ1) is 27.3. The van der Waals surface area contributed by atoms with Gasteiger partial charge in [-0.3, -0.25) is 9.59 Å². The molecule has 37 heavy (non-hydrogen) atoms. The van der Waals surface area contributed by atoms with Gasteiger partial charge in [0.05, 0.1) is 31.3 Å². The highest BCUT2D eigenvalue weighted by molar-refractivity contribution is 5.95. The molecule has 0 spiro atoms. The molecule has 4 saturated carbocycles. The summed E-state index contributed by atoms with van der Waals surface area (Å²) < 4.78 is 5.26. The fourth-order valence-electron chi connectivity index (χ4n) is 11.1. The molecule has 0 saturated heterocycles. The molecule has 11 atom stereocenters. The van der Waals surface area contributed by atoms with E-state index in [9.17, 15) is 24.9 Å². The Hall–Kier alpha value is -1.24. The molecule has 0 unspecified atom stereocenters. The minimum atomic E-state index is -0.906. The summed E-state index contributed by atoms with van der Waals surface area (Å²) in [7, 11) is 1.43. The number of hydrogen-bond donors (Lipinski definition) is 3. The molecule has 5 aliphatic rings. The number of allylic oxidation sites excluding steroid dienone is 2. The fourth-order valence-corrected chi connectivity index (χ4v) is 11.1. The van der Waals surface area contributed by atoms with Crippen LogP contribution in [0.2, 0.25) is 0 Å². The van der Waals surface area contributed by atoms with Crippen LogP contribution in [0.15, 0.2) is 11.6 Å². The van der Waals surface area contributed by atoms with Crippen LogP contribution in [0.1, 0.15) is 92.4 Å². The summed E-state index contributed by atoms with van der Waals surface area (Å²) in [5.74, 6) is 0.0677. The number of rotatable bonds is 2. The van der Waals surface area contributed by atoms with Gasteiger partial charge >= 0.3 is 5.97 Å². The van der Waals surface area contributed by atoms with Gasteiger partial charge in [-0.25, -0.2) is 0 Å². The molecule has 0 aromatic carbocycles. The van der Waals surface area contributed by atoms with Gasteiger partial charge in [0.25, 0.3) is 0 Å². The fraction of sp³-hybridized carbons (Fsp3) is 0.871. The normalized spacial score (nSPS) is 53.5. The molecule has 0 radical (unpaired) electrons. The van der Waals surface area contributed by atoms with Crippen molar-refractivity contribution in [1.82, 2.24) is 0 Å². The lowest BCUT2D eigenvalue weighted by atomic mass is 9.41. The van der Waals surface area contributed by atoms with Crippen LogP contribution >= 0.6 is 0 Å². The molecule has 3 N–H and O–H groups in total. The predicted molar refractivity (Wildman–Crippen MR) is 140 cm³/mol. The van der Waals surface area contributed by atoms with E-state index < -0.39 is 23.0 Å². The lowest BCUT2D eigenvalue weighted by molar-refractivity contribution is -0.202. The van der Waals surface area contributed by atoms with E-state index in [-0.39, 0.29) is 52.4 Å². The number of carbonyl (C=O) groups excluding carboxylic acids is 2. The third-order valence-corrected chi connectivity index (χ3v) is 13.0. The summed E-state index contributed by atoms with van der Waals surface area (Å²) in [6, 6.07) is 0. The minimum absolute atomic E-state index is 0.0170. The van der Waals surface area contributed by atoms with Crippen LogP contribution in [0.25, 0.3) is 0 Å². The number of hydrogen-bond acceptors (Lipinski definition) is 6. The van der Waals surface area contributed by atoms with Gasteiger partial charge in [0.1, 0.15) is 0 Å². The Bertz CT molecular complexity index is 1010. The Labute approximate surface area is 222 Å². The lowest BCUT2D eigenvalue weighted by Crippen LogP contribution is -2.61. The van der Waals surface area contributed by atoms with E-state index in [1.807, 2.05) is 19.9 Å². The van der Waals surface area contributed by atoms with Gasteiger partial charge in [0, 0.05) is 11.3 Å². The van der Waals surface area contributed by atoms with E-state index in [2.05, 4.69) is 20.8 Å². The molecule has 5 rings (SSSR count). The van der Waals surface area contributed by atoms with E-state index in [0.29, 0.717) is 18.8 Å². The second-order valence-corrected chi connectivity index (χ2v) is 14.7. The number of methoxy groups -OCH3 is 1. The van der Waals surface area contributed by atoms with Crippen LogP contribution in [0.3, 0.4) is 0 Å². The Morgan fingerprint density at radius 1 is 0.919 bits per heavy atom. The van der Waals surface area contributed by atoms with E-state index in [1.54, 1.807) is 0 Å². The maximum absolute atomic E-state index is 13.7. The maximum Gasteiger partial charge on any atom is 0.314 e. The molecule has 6 nitrogen and oxygen atoms in total. The zero-order valence-electron chi connectivity index (χ0n) is 23.7. The molecule has 0 heterocycles. The molecular weight excluding hydrogens is 468 g/mol. The average Bonchev–Trinajstić information content (AvgIpc) is 3.00. The predicted octanol–water partition coefficient (Wildman–Crippen LogP) is 4.44. The molecule has 208 valence electrons. The van der Waals surface area contributed by atoms with Crippen molar-refractivity contribution in [1.29, 1.82) is 0 Å². The highest BCUT2D eigenvalue weighted by Gasteiger charge is 2.67. The van der Waals surface area contributed by atoms with Crippen molar-refractivity contribution in [3.8, 4) is 0 Å². The van der Waals surface area contributed by atoms with Crippen molar-refractivity contribution < 1.29 is 29.6 Å².